The fraction of sp³-hybridized carbons (Fsp3) is 0.238. The average Bonchev–Trinajstić information content (AvgIpc) is 3.08. The van der Waals surface area contributed by atoms with Crippen LogP contribution < -0.4 is 10.6 Å². The van der Waals surface area contributed by atoms with Crippen LogP contribution in [-0.2, 0) is 13.1 Å². The summed E-state index contributed by atoms with van der Waals surface area (Å²) < 4.78 is 15.1. The van der Waals surface area contributed by atoms with Gasteiger partial charge in [0.15, 0.2) is 0 Å². The van der Waals surface area contributed by atoms with Gasteiger partial charge in [0.1, 0.15) is 11.6 Å². The maximum Gasteiger partial charge on any atom is 0.253 e. The first-order chi connectivity index (χ1) is 13.0. The number of aromatic nitrogens is 2. The number of carbonyl (C=O) groups is 1. The van der Waals surface area contributed by atoms with E-state index in [2.05, 4.69) is 29.5 Å². The van der Waals surface area contributed by atoms with Crippen LogP contribution in [0.15, 0.2) is 60.9 Å². The Balaban J connectivity index is 1.70. The summed E-state index contributed by atoms with van der Waals surface area (Å²) in [7, 11) is 0. The lowest BCUT2D eigenvalue weighted by molar-refractivity contribution is 0.0950. The van der Waals surface area contributed by atoms with Gasteiger partial charge >= 0.3 is 0 Å². The number of benzene rings is 2. The number of hydrogen-bond acceptors (Lipinski definition) is 3. The highest BCUT2D eigenvalue weighted by atomic mass is 19.1. The van der Waals surface area contributed by atoms with E-state index < -0.39 is 0 Å². The Bertz CT molecular complexity index is 903. The highest BCUT2D eigenvalue weighted by Gasteiger charge is 2.12. The summed E-state index contributed by atoms with van der Waals surface area (Å²) in [6.07, 6.45) is 3.67. The fourth-order valence-electron chi connectivity index (χ4n) is 2.80. The third-order valence-electron chi connectivity index (χ3n) is 4.07. The number of halogens is 1. The first kappa shape index (κ1) is 18.6. The van der Waals surface area contributed by atoms with Crippen molar-refractivity contribution in [2.75, 3.05) is 5.32 Å². The molecule has 0 aliphatic carbocycles. The molecule has 6 heteroatoms. The molecule has 0 atom stereocenters. The number of hydrogen-bond donors (Lipinski definition) is 2. The van der Waals surface area contributed by atoms with E-state index >= 15 is 0 Å². The van der Waals surface area contributed by atoms with Crippen molar-refractivity contribution in [3.05, 3.63) is 78.1 Å². The molecule has 1 amide bonds. The highest BCUT2D eigenvalue weighted by Crippen LogP contribution is 2.21. The molecule has 1 aromatic heterocycles. The van der Waals surface area contributed by atoms with Gasteiger partial charge in [-0.3, -0.25) is 4.79 Å². The molecule has 0 spiro atoms. The van der Waals surface area contributed by atoms with Crippen molar-refractivity contribution >= 4 is 17.3 Å². The predicted octanol–water partition coefficient (Wildman–Crippen LogP) is 4.35. The van der Waals surface area contributed by atoms with Crippen LogP contribution in [0.3, 0.4) is 0 Å². The van der Waals surface area contributed by atoms with Gasteiger partial charge in [-0.25, -0.2) is 9.37 Å². The van der Waals surface area contributed by atoms with E-state index in [0.717, 1.165) is 12.4 Å². The SMILES string of the molecule is CC(C)Cn1ccnc1CNC(=O)c1ccccc1Nc1ccc(F)cc1. The first-order valence-corrected chi connectivity index (χ1v) is 8.93. The van der Waals surface area contributed by atoms with Gasteiger partial charge in [0, 0.05) is 24.6 Å². The van der Waals surface area contributed by atoms with Crippen LogP contribution >= 0.6 is 0 Å². The number of imidazole rings is 1. The molecule has 140 valence electrons. The zero-order valence-corrected chi connectivity index (χ0v) is 15.4. The number of para-hydroxylation sites is 1. The number of anilines is 2. The first-order valence-electron chi connectivity index (χ1n) is 8.93. The van der Waals surface area contributed by atoms with Crippen LogP contribution in [0.2, 0.25) is 0 Å². The van der Waals surface area contributed by atoms with Crippen LogP contribution in [-0.4, -0.2) is 15.5 Å². The van der Waals surface area contributed by atoms with Gasteiger partial charge in [0.2, 0.25) is 0 Å². The van der Waals surface area contributed by atoms with Crippen molar-refractivity contribution in [1.82, 2.24) is 14.9 Å². The molecule has 0 saturated heterocycles. The summed E-state index contributed by atoms with van der Waals surface area (Å²) in [4.78, 5) is 17.0. The second kappa shape index (κ2) is 8.49. The Kier molecular flexibility index (Phi) is 5.86. The lowest BCUT2D eigenvalue weighted by atomic mass is 10.1. The van der Waals surface area contributed by atoms with Gasteiger partial charge in [0.25, 0.3) is 5.91 Å². The smallest absolute Gasteiger partial charge is 0.253 e. The zero-order chi connectivity index (χ0) is 19.2. The van der Waals surface area contributed by atoms with E-state index in [1.54, 1.807) is 24.4 Å². The van der Waals surface area contributed by atoms with Crippen molar-refractivity contribution in [2.24, 2.45) is 5.92 Å². The number of amides is 1. The molecule has 3 rings (SSSR count). The molecule has 27 heavy (non-hydrogen) atoms. The van der Waals surface area contributed by atoms with Crippen molar-refractivity contribution < 1.29 is 9.18 Å². The number of rotatable bonds is 7. The molecule has 0 aliphatic rings. The summed E-state index contributed by atoms with van der Waals surface area (Å²) in [5, 5.41) is 6.09. The largest absolute Gasteiger partial charge is 0.355 e. The van der Waals surface area contributed by atoms with Gasteiger partial charge in [-0.15, -0.1) is 0 Å². The minimum atomic E-state index is -0.302. The van der Waals surface area contributed by atoms with E-state index in [9.17, 15) is 9.18 Å². The quantitative estimate of drug-likeness (QED) is 0.653. The van der Waals surface area contributed by atoms with Gasteiger partial charge in [-0.2, -0.15) is 0 Å². The van der Waals surface area contributed by atoms with E-state index in [0.29, 0.717) is 29.4 Å². The average molecular weight is 366 g/mol. The fourth-order valence-corrected chi connectivity index (χ4v) is 2.80. The monoisotopic (exact) mass is 366 g/mol. The lowest BCUT2D eigenvalue weighted by Gasteiger charge is -2.13. The summed E-state index contributed by atoms with van der Waals surface area (Å²) in [6, 6.07) is 13.2. The Morgan fingerprint density at radius 1 is 1.15 bits per heavy atom. The lowest BCUT2D eigenvalue weighted by Crippen LogP contribution is -2.25. The summed E-state index contributed by atoms with van der Waals surface area (Å²) in [5.41, 5.74) is 1.89. The molecule has 0 bridgehead atoms. The molecule has 0 radical (unpaired) electrons. The van der Waals surface area contributed by atoms with Crippen LogP contribution in [0, 0.1) is 11.7 Å². The van der Waals surface area contributed by atoms with Crippen LogP contribution in [0.5, 0.6) is 0 Å². The standard InChI is InChI=1S/C21H23FN4O/c1-15(2)14-26-12-11-23-20(26)13-24-21(27)18-5-3-4-6-19(18)25-17-9-7-16(22)8-10-17/h3-12,15,25H,13-14H2,1-2H3,(H,24,27). The second-order valence-electron chi connectivity index (χ2n) is 6.75. The Labute approximate surface area is 158 Å². The molecule has 0 fully saturated rings. The summed E-state index contributed by atoms with van der Waals surface area (Å²) in [5.74, 6) is 0.818. The van der Waals surface area contributed by atoms with Crippen molar-refractivity contribution in [1.29, 1.82) is 0 Å². The molecule has 3 aromatic rings. The normalized spacial score (nSPS) is 10.8. The number of nitrogens with zero attached hydrogens (tertiary/aromatic N) is 2. The Morgan fingerprint density at radius 3 is 2.63 bits per heavy atom. The second-order valence-corrected chi connectivity index (χ2v) is 6.75. The molecule has 2 aromatic carbocycles. The summed E-state index contributed by atoms with van der Waals surface area (Å²) >= 11 is 0. The number of nitrogens with one attached hydrogen (secondary N) is 2. The maximum absolute atomic E-state index is 13.1. The van der Waals surface area contributed by atoms with Gasteiger partial charge in [-0.1, -0.05) is 26.0 Å². The third kappa shape index (κ3) is 4.94. The van der Waals surface area contributed by atoms with E-state index in [-0.39, 0.29) is 11.7 Å². The van der Waals surface area contributed by atoms with E-state index in [4.69, 9.17) is 0 Å². The number of carbonyl (C=O) groups excluding carboxylic acids is 1. The van der Waals surface area contributed by atoms with Crippen molar-refractivity contribution in [3.63, 3.8) is 0 Å². The van der Waals surface area contributed by atoms with Crippen LogP contribution in [0.1, 0.15) is 30.0 Å². The van der Waals surface area contributed by atoms with Gasteiger partial charge < -0.3 is 15.2 Å². The van der Waals surface area contributed by atoms with Crippen molar-refractivity contribution in [3.8, 4) is 0 Å². The predicted molar refractivity (Wildman–Crippen MR) is 104 cm³/mol. The maximum atomic E-state index is 13.1. The van der Waals surface area contributed by atoms with E-state index in [1.807, 2.05) is 29.0 Å². The zero-order valence-electron chi connectivity index (χ0n) is 15.4. The minimum absolute atomic E-state index is 0.195. The molecule has 5 nitrogen and oxygen atoms in total. The van der Waals surface area contributed by atoms with Crippen LogP contribution in [0.25, 0.3) is 0 Å². The molecular formula is C21H23FN4O. The topological polar surface area (TPSA) is 59.0 Å². The molecule has 2 N–H and O–H groups in total. The molecule has 0 unspecified atom stereocenters. The van der Waals surface area contributed by atoms with Crippen molar-refractivity contribution in [2.45, 2.75) is 26.9 Å². The van der Waals surface area contributed by atoms with Gasteiger partial charge in [0.05, 0.1) is 17.8 Å². The minimum Gasteiger partial charge on any atom is -0.355 e. The molecule has 0 saturated carbocycles. The van der Waals surface area contributed by atoms with Gasteiger partial charge in [-0.05, 0) is 42.3 Å². The molecule has 1 heterocycles. The third-order valence-corrected chi connectivity index (χ3v) is 4.07. The molecular weight excluding hydrogens is 343 g/mol. The molecule has 0 aliphatic heterocycles. The highest BCUT2D eigenvalue weighted by molar-refractivity contribution is 6.00. The Hall–Kier alpha value is -3.15. The summed E-state index contributed by atoms with van der Waals surface area (Å²) in [6.45, 7) is 5.48. The van der Waals surface area contributed by atoms with E-state index in [1.165, 1.54) is 12.1 Å². The Morgan fingerprint density at radius 2 is 1.89 bits per heavy atom. The van der Waals surface area contributed by atoms with Crippen LogP contribution in [0.4, 0.5) is 15.8 Å².